The number of nitrogens with zero attached hydrogens (tertiary/aromatic N) is 1. The Balaban J connectivity index is 1.92. The van der Waals surface area contributed by atoms with E-state index in [9.17, 15) is 10.1 Å². The van der Waals surface area contributed by atoms with Gasteiger partial charge in [-0.05, 0) is 24.5 Å². The molecular weight excluding hydrogens is 256 g/mol. The highest BCUT2D eigenvalue weighted by Gasteiger charge is 2.16. The molecule has 0 amide bonds. The fourth-order valence-electron chi connectivity index (χ4n) is 2.83. The van der Waals surface area contributed by atoms with E-state index in [1.807, 2.05) is 0 Å². The third-order valence-electron chi connectivity index (χ3n) is 3.99. The van der Waals surface area contributed by atoms with Crippen molar-refractivity contribution in [1.82, 2.24) is 0 Å². The van der Waals surface area contributed by atoms with Crippen LogP contribution in [0.4, 0.5) is 11.4 Å². The summed E-state index contributed by atoms with van der Waals surface area (Å²) >= 11 is 0. The summed E-state index contributed by atoms with van der Waals surface area (Å²) < 4.78 is 5.03. The lowest BCUT2D eigenvalue weighted by Gasteiger charge is -2.21. The largest absolute Gasteiger partial charge is 0.496 e. The summed E-state index contributed by atoms with van der Waals surface area (Å²) in [7, 11) is 1.51. The van der Waals surface area contributed by atoms with E-state index in [4.69, 9.17) is 4.74 Å². The number of methoxy groups -OCH3 is 1. The molecule has 0 radical (unpaired) electrons. The van der Waals surface area contributed by atoms with Crippen molar-refractivity contribution >= 4 is 11.4 Å². The van der Waals surface area contributed by atoms with Crippen LogP contribution in [-0.2, 0) is 0 Å². The van der Waals surface area contributed by atoms with Crippen molar-refractivity contribution in [2.45, 2.75) is 38.5 Å². The summed E-state index contributed by atoms with van der Waals surface area (Å²) in [4.78, 5) is 10.7. The van der Waals surface area contributed by atoms with Crippen LogP contribution in [0.25, 0.3) is 0 Å². The highest BCUT2D eigenvalue weighted by Crippen LogP contribution is 2.30. The number of nitrogens with one attached hydrogen (secondary N) is 1. The molecule has 0 unspecified atom stereocenters. The second kappa shape index (κ2) is 7.12. The molecular formula is C15H22N2O3. The van der Waals surface area contributed by atoms with E-state index in [1.165, 1.54) is 45.3 Å². The number of benzene rings is 1. The van der Waals surface area contributed by atoms with Crippen LogP contribution in [0.5, 0.6) is 5.75 Å². The number of rotatable bonds is 6. The van der Waals surface area contributed by atoms with Crippen LogP contribution in [0.3, 0.4) is 0 Å². The van der Waals surface area contributed by atoms with E-state index in [-0.39, 0.29) is 10.6 Å². The zero-order valence-corrected chi connectivity index (χ0v) is 11.9. The van der Waals surface area contributed by atoms with Gasteiger partial charge >= 0.3 is 0 Å². The van der Waals surface area contributed by atoms with Gasteiger partial charge in [-0.15, -0.1) is 0 Å². The van der Waals surface area contributed by atoms with Crippen molar-refractivity contribution in [3.8, 4) is 5.75 Å². The number of hydrogen-bond acceptors (Lipinski definition) is 4. The van der Waals surface area contributed by atoms with E-state index in [0.717, 1.165) is 18.9 Å². The molecule has 5 heteroatoms. The van der Waals surface area contributed by atoms with Crippen molar-refractivity contribution in [3.63, 3.8) is 0 Å². The Kier molecular flexibility index (Phi) is 5.21. The summed E-state index contributed by atoms with van der Waals surface area (Å²) in [6, 6.07) is 4.93. The van der Waals surface area contributed by atoms with Gasteiger partial charge in [-0.1, -0.05) is 32.1 Å². The lowest BCUT2D eigenvalue weighted by Crippen LogP contribution is -2.12. The van der Waals surface area contributed by atoms with Crippen LogP contribution in [-0.4, -0.2) is 18.6 Å². The molecule has 0 heterocycles. The fraction of sp³-hybridized carbons (Fsp3) is 0.600. The normalized spacial score (nSPS) is 15.8. The highest BCUT2D eigenvalue weighted by molar-refractivity contribution is 5.63. The lowest BCUT2D eigenvalue weighted by molar-refractivity contribution is -0.384. The second-order valence-corrected chi connectivity index (χ2v) is 5.36. The molecule has 0 saturated heterocycles. The summed E-state index contributed by atoms with van der Waals surface area (Å²) in [5.74, 6) is 1.28. The van der Waals surface area contributed by atoms with E-state index < -0.39 is 0 Å². The minimum atomic E-state index is -0.370. The van der Waals surface area contributed by atoms with Gasteiger partial charge in [0.2, 0.25) is 0 Å². The molecule has 0 spiro atoms. The average molecular weight is 278 g/mol. The second-order valence-electron chi connectivity index (χ2n) is 5.36. The monoisotopic (exact) mass is 278 g/mol. The molecule has 20 heavy (non-hydrogen) atoms. The Morgan fingerprint density at radius 3 is 2.75 bits per heavy atom. The SMILES string of the molecule is COc1ccc(NCCC2CCCCC2)c([N+](=O)[O-])c1. The smallest absolute Gasteiger partial charge is 0.296 e. The first-order valence-electron chi connectivity index (χ1n) is 7.27. The van der Waals surface area contributed by atoms with E-state index >= 15 is 0 Å². The Morgan fingerprint density at radius 1 is 1.35 bits per heavy atom. The van der Waals surface area contributed by atoms with E-state index in [1.54, 1.807) is 12.1 Å². The van der Waals surface area contributed by atoms with E-state index in [0.29, 0.717) is 11.4 Å². The quantitative estimate of drug-likeness (QED) is 0.631. The molecule has 0 aliphatic heterocycles. The predicted octanol–water partition coefficient (Wildman–Crippen LogP) is 3.99. The standard InChI is InChI=1S/C15H22N2O3/c1-20-13-7-8-14(15(11-13)17(18)19)16-10-9-12-5-3-2-4-6-12/h7-8,11-12,16H,2-6,9-10H2,1H3. The molecule has 0 bridgehead atoms. The molecule has 110 valence electrons. The van der Waals surface area contributed by atoms with Gasteiger partial charge in [0.15, 0.2) is 0 Å². The van der Waals surface area contributed by atoms with Crippen molar-refractivity contribution in [3.05, 3.63) is 28.3 Å². The third kappa shape index (κ3) is 3.85. The van der Waals surface area contributed by atoms with Crippen LogP contribution in [0.2, 0.25) is 0 Å². The van der Waals surface area contributed by atoms with Crippen LogP contribution in [0.1, 0.15) is 38.5 Å². The molecule has 1 aliphatic carbocycles. The minimum Gasteiger partial charge on any atom is -0.496 e. The lowest BCUT2D eigenvalue weighted by atomic mass is 9.87. The van der Waals surface area contributed by atoms with Gasteiger partial charge in [-0.2, -0.15) is 0 Å². The molecule has 0 atom stereocenters. The topological polar surface area (TPSA) is 64.4 Å². The van der Waals surface area contributed by atoms with Gasteiger partial charge in [-0.3, -0.25) is 10.1 Å². The molecule has 1 aliphatic rings. The van der Waals surface area contributed by atoms with E-state index in [2.05, 4.69) is 5.32 Å². The highest BCUT2D eigenvalue weighted by atomic mass is 16.6. The number of anilines is 1. The maximum Gasteiger partial charge on any atom is 0.296 e. The zero-order chi connectivity index (χ0) is 14.4. The van der Waals surface area contributed by atoms with Crippen molar-refractivity contribution in [2.75, 3.05) is 19.0 Å². The number of nitro groups is 1. The van der Waals surface area contributed by atoms with Gasteiger partial charge in [0.25, 0.3) is 5.69 Å². The number of ether oxygens (including phenoxy) is 1. The van der Waals surface area contributed by atoms with Crippen molar-refractivity contribution in [2.24, 2.45) is 5.92 Å². The van der Waals surface area contributed by atoms with Gasteiger partial charge in [-0.25, -0.2) is 0 Å². The minimum absolute atomic E-state index is 0.0768. The Morgan fingerprint density at radius 2 is 2.10 bits per heavy atom. The summed E-state index contributed by atoms with van der Waals surface area (Å²) in [5, 5.41) is 14.3. The van der Waals surface area contributed by atoms with Gasteiger partial charge in [0.1, 0.15) is 11.4 Å². The van der Waals surface area contributed by atoms with Crippen LogP contribution in [0.15, 0.2) is 18.2 Å². The van der Waals surface area contributed by atoms with Crippen molar-refractivity contribution < 1.29 is 9.66 Å². The number of hydrogen-bond donors (Lipinski definition) is 1. The van der Waals surface area contributed by atoms with Gasteiger partial charge in [0, 0.05) is 6.54 Å². The maximum atomic E-state index is 11.1. The summed E-state index contributed by atoms with van der Waals surface area (Å²) in [6.07, 6.45) is 7.69. The molecule has 1 aromatic carbocycles. The number of nitro benzene ring substituents is 1. The first-order chi connectivity index (χ1) is 9.70. The molecule has 1 N–H and O–H groups in total. The molecule has 1 aromatic rings. The first kappa shape index (κ1) is 14.6. The third-order valence-corrected chi connectivity index (χ3v) is 3.99. The van der Waals surface area contributed by atoms with Crippen molar-refractivity contribution in [1.29, 1.82) is 0 Å². The molecule has 1 fully saturated rings. The summed E-state index contributed by atoms with van der Waals surface area (Å²) in [5.41, 5.74) is 0.652. The zero-order valence-electron chi connectivity index (χ0n) is 11.9. The maximum absolute atomic E-state index is 11.1. The predicted molar refractivity (Wildman–Crippen MR) is 79.3 cm³/mol. The Hall–Kier alpha value is -1.78. The Bertz CT molecular complexity index is 456. The Labute approximate surface area is 119 Å². The molecule has 5 nitrogen and oxygen atoms in total. The van der Waals surface area contributed by atoms with Crippen LogP contribution >= 0.6 is 0 Å². The molecule has 1 saturated carbocycles. The molecule has 2 rings (SSSR count). The van der Waals surface area contributed by atoms with Gasteiger partial charge < -0.3 is 10.1 Å². The first-order valence-corrected chi connectivity index (χ1v) is 7.27. The fourth-order valence-corrected chi connectivity index (χ4v) is 2.83. The van der Waals surface area contributed by atoms with Crippen LogP contribution in [0, 0.1) is 16.0 Å². The van der Waals surface area contributed by atoms with Crippen LogP contribution < -0.4 is 10.1 Å². The molecule has 0 aromatic heterocycles. The summed E-state index contributed by atoms with van der Waals surface area (Å²) in [6.45, 7) is 0.790. The van der Waals surface area contributed by atoms with Gasteiger partial charge in [0.05, 0.1) is 18.1 Å². The average Bonchev–Trinajstić information content (AvgIpc) is 2.48.